The fraction of sp³-hybridized carbons (Fsp3) is 0.167. The van der Waals surface area contributed by atoms with Crippen LogP contribution < -0.4 is 15.2 Å². The van der Waals surface area contributed by atoms with Gasteiger partial charge < -0.3 is 25.3 Å². The molecule has 29 heavy (non-hydrogen) atoms. The highest BCUT2D eigenvalue weighted by atomic mass is 16.5. The lowest BCUT2D eigenvalue weighted by Crippen LogP contribution is -2.25. The molecule has 146 valence electrons. The van der Waals surface area contributed by atoms with Crippen LogP contribution in [0.5, 0.6) is 17.2 Å². The number of hydrogen-bond donors (Lipinski definition) is 3. The number of fused-ring (bicyclic) bond motifs is 2. The molecule has 0 spiro atoms. The molecule has 0 aliphatic carbocycles. The molecule has 0 bridgehead atoms. The Morgan fingerprint density at radius 2 is 1.86 bits per heavy atom. The second kappa shape index (κ2) is 6.78. The number of nitrogens with one attached hydrogen (secondary N) is 1. The summed E-state index contributed by atoms with van der Waals surface area (Å²) in [7, 11) is 1.67. The number of aromatic hydroxyl groups is 1. The summed E-state index contributed by atoms with van der Waals surface area (Å²) in [5.74, 6) is 1.95. The Bertz CT molecular complexity index is 1180. The molecule has 5 heteroatoms. The fourth-order valence-corrected chi connectivity index (χ4v) is 4.34. The minimum absolute atomic E-state index is 0.0843. The first-order valence-electron chi connectivity index (χ1n) is 9.60. The van der Waals surface area contributed by atoms with Gasteiger partial charge in [-0.05, 0) is 41.5 Å². The number of H-pyrrole nitrogens is 1. The Hall–Kier alpha value is -3.60. The summed E-state index contributed by atoms with van der Waals surface area (Å²) in [6.07, 6.45) is 2.06. The van der Waals surface area contributed by atoms with Crippen molar-refractivity contribution in [3.8, 4) is 17.2 Å². The van der Waals surface area contributed by atoms with Crippen LogP contribution in [-0.2, 0) is 0 Å². The normalized spacial score (nSPS) is 18.2. The molecule has 4 N–H and O–H groups in total. The van der Waals surface area contributed by atoms with Gasteiger partial charge in [0.2, 0.25) is 0 Å². The number of phenols is 1. The van der Waals surface area contributed by atoms with E-state index in [-0.39, 0.29) is 17.6 Å². The van der Waals surface area contributed by atoms with Crippen molar-refractivity contribution in [3.05, 3.63) is 83.6 Å². The molecule has 1 aliphatic rings. The summed E-state index contributed by atoms with van der Waals surface area (Å²) < 4.78 is 11.4. The van der Waals surface area contributed by atoms with Crippen molar-refractivity contribution in [1.29, 1.82) is 0 Å². The number of anilines is 1. The maximum absolute atomic E-state index is 9.91. The van der Waals surface area contributed by atoms with Crippen molar-refractivity contribution in [2.45, 2.75) is 11.8 Å². The van der Waals surface area contributed by atoms with Gasteiger partial charge in [-0.25, -0.2) is 0 Å². The number of rotatable bonds is 3. The van der Waals surface area contributed by atoms with Crippen LogP contribution in [0.15, 0.2) is 66.9 Å². The summed E-state index contributed by atoms with van der Waals surface area (Å²) in [5, 5.41) is 11.1. The van der Waals surface area contributed by atoms with E-state index < -0.39 is 0 Å². The average Bonchev–Trinajstić information content (AvgIpc) is 3.16. The lowest BCUT2D eigenvalue weighted by Gasteiger charge is -2.34. The molecule has 1 aliphatic heterocycles. The predicted octanol–water partition coefficient (Wildman–Crippen LogP) is 4.77. The maximum atomic E-state index is 9.91. The number of nitrogen functional groups attached to an aromatic ring is 1. The van der Waals surface area contributed by atoms with E-state index in [0.717, 1.165) is 33.7 Å². The molecule has 0 unspecified atom stereocenters. The predicted molar refractivity (Wildman–Crippen MR) is 114 cm³/mol. The first-order valence-corrected chi connectivity index (χ1v) is 9.60. The van der Waals surface area contributed by atoms with Crippen molar-refractivity contribution in [3.63, 3.8) is 0 Å². The average molecular weight is 386 g/mol. The number of nitrogens with two attached hydrogens (primary N) is 1. The van der Waals surface area contributed by atoms with Crippen molar-refractivity contribution in [2.24, 2.45) is 0 Å². The maximum Gasteiger partial charge on any atom is 0.126 e. The van der Waals surface area contributed by atoms with Crippen LogP contribution in [0.1, 0.15) is 28.5 Å². The van der Waals surface area contributed by atoms with Gasteiger partial charge in [0.1, 0.15) is 17.2 Å². The molecular weight excluding hydrogens is 364 g/mol. The lowest BCUT2D eigenvalue weighted by molar-refractivity contribution is 0.248. The SMILES string of the molecule is COc1ccc2c([C@H]3COc4cc(O)ccc4[C@H]3c3ccc(N)cc3)c[nH]c2c1. The number of aromatic amines is 1. The van der Waals surface area contributed by atoms with E-state index in [4.69, 9.17) is 15.2 Å². The summed E-state index contributed by atoms with van der Waals surface area (Å²) in [5.41, 5.74) is 11.1. The molecule has 5 nitrogen and oxygen atoms in total. The molecular formula is C24H22N2O3. The Morgan fingerprint density at radius 1 is 1.03 bits per heavy atom. The molecule has 0 fully saturated rings. The van der Waals surface area contributed by atoms with Crippen LogP contribution in [0, 0.1) is 0 Å². The molecule has 1 aromatic heterocycles. The minimum atomic E-state index is 0.0843. The highest BCUT2D eigenvalue weighted by Gasteiger charge is 2.35. The first kappa shape index (κ1) is 17.5. The largest absolute Gasteiger partial charge is 0.508 e. The zero-order valence-corrected chi connectivity index (χ0v) is 16.1. The monoisotopic (exact) mass is 386 g/mol. The van der Waals surface area contributed by atoms with Gasteiger partial charge >= 0.3 is 0 Å². The van der Waals surface area contributed by atoms with E-state index in [0.29, 0.717) is 6.61 Å². The third-order valence-electron chi connectivity index (χ3n) is 5.77. The zero-order valence-electron chi connectivity index (χ0n) is 16.1. The second-order valence-electron chi connectivity index (χ2n) is 7.44. The summed E-state index contributed by atoms with van der Waals surface area (Å²) in [6.45, 7) is 0.518. The van der Waals surface area contributed by atoms with Gasteiger partial charge in [-0.1, -0.05) is 18.2 Å². The molecule has 2 atom stereocenters. The van der Waals surface area contributed by atoms with E-state index in [1.807, 2.05) is 30.3 Å². The minimum Gasteiger partial charge on any atom is -0.508 e. The molecule has 0 amide bonds. The smallest absolute Gasteiger partial charge is 0.126 e. The van der Waals surface area contributed by atoms with Crippen molar-refractivity contribution in [1.82, 2.24) is 4.98 Å². The third kappa shape index (κ3) is 2.95. The van der Waals surface area contributed by atoms with Gasteiger partial charge in [0.25, 0.3) is 0 Å². The molecule has 3 aromatic carbocycles. The van der Waals surface area contributed by atoms with Gasteiger partial charge in [0.15, 0.2) is 0 Å². The van der Waals surface area contributed by atoms with E-state index in [9.17, 15) is 5.11 Å². The van der Waals surface area contributed by atoms with Crippen LogP contribution in [0.3, 0.4) is 0 Å². The number of hydrogen-bond acceptors (Lipinski definition) is 4. The lowest BCUT2D eigenvalue weighted by atomic mass is 9.76. The van der Waals surface area contributed by atoms with Gasteiger partial charge in [-0.15, -0.1) is 0 Å². The topological polar surface area (TPSA) is 80.5 Å². The highest BCUT2D eigenvalue weighted by molar-refractivity contribution is 5.85. The van der Waals surface area contributed by atoms with Crippen molar-refractivity contribution < 1.29 is 14.6 Å². The van der Waals surface area contributed by atoms with Crippen LogP contribution in [0.25, 0.3) is 10.9 Å². The first-order chi connectivity index (χ1) is 14.1. The summed E-state index contributed by atoms with van der Waals surface area (Å²) in [4.78, 5) is 3.38. The van der Waals surface area contributed by atoms with Crippen LogP contribution >= 0.6 is 0 Å². The van der Waals surface area contributed by atoms with Crippen molar-refractivity contribution >= 4 is 16.6 Å². The summed E-state index contributed by atoms with van der Waals surface area (Å²) in [6, 6.07) is 19.5. The number of phenolic OH excluding ortho intramolecular Hbond substituents is 1. The van der Waals surface area contributed by atoms with Gasteiger partial charge in [-0.3, -0.25) is 0 Å². The van der Waals surface area contributed by atoms with Gasteiger partial charge in [-0.2, -0.15) is 0 Å². The Kier molecular flexibility index (Phi) is 4.09. The number of methoxy groups -OCH3 is 1. The Balaban J connectivity index is 1.67. The number of aromatic nitrogens is 1. The molecule has 0 saturated heterocycles. The second-order valence-corrected chi connectivity index (χ2v) is 7.44. The number of ether oxygens (including phenoxy) is 2. The standard InChI is InChI=1S/C24H22N2O3/c1-28-17-7-9-18-20(12-26-22(18)11-17)21-13-29-23-10-16(27)6-8-19(23)24(21)14-2-4-15(25)5-3-14/h2-12,21,24,26-27H,13,25H2,1H3/t21-,24-/m1/s1. The Labute approximate surface area is 168 Å². The molecule has 4 aromatic rings. The zero-order chi connectivity index (χ0) is 20.0. The molecule has 5 rings (SSSR count). The van der Waals surface area contributed by atoms with E-state index in [2.05, 4.69) is 29.4 Å². The van der Waals surface area contributed by atoms with Crippen LogP contribution in [-0.4, -0.2) is 23.8 Å². The van der Waals surface area contributed by atoms with Crippen LogP contribution in [0.4, 0.5) is 5.69 Å². The third-order valence-corrected chi connectivity index (χ3v) is 5.77. The molecule has 0 saturated carbocycles. The van der Waals surface area contributed by atoms with Gasteiger partial charge in [0.05, 0.1) is 13.7 Å². The quantitative estimate of drug-likeness (QED) is 0.443. The molecule has 0 radical (unpaired) electrons. The van der Waals surface area contributed by atoms with Gasteiger partial charge in [0, 0.05) is 52.3 Å². The van der Waals surface area contributed by atoms with E-state index in [1.165, 1.54) is 11.1 Å². The Morgan fingerprint density at radius 3 is 2.66 bits per heavy atom. The summed E-state index contributed by atoms with van der Waals surface area (Å²) >= 11 is 0. The fourth-order valence-electron chi connectivity index (χ4n) is 4.34. The van der Waals surface area contributed by atoms with E-state index in [1.54, 1.807) is 19.2 Å². The van der Waals surface area contributed by atoms with E-state index >= 15 is 0 Å². The van der Waals surface area contributed by atoms with Crippen molar-refractivity contribution in [2.75, 3.05) is 19.5 Å². The molecule has 2 heterocycles. The number of benzene rings is 3. The van der Waals surface area contributed by atoms with Crippen LogP contribution in [0.2, 0.25) is 0 Å². The highest BCUT2D eigenvalue weighted by Crippen LogP contribution is 2.48.